The van der Waals surface area contributed by atoms with E-state index in [9.17, 15) is 22.8 Å². The number of rotatable bonds is 7. The van der Waals surface area contributed by atoms with Gasteiger partial charge in [0.05, 0.1) is 12.0 Å². The Bertz CT molecular complexity index is 1670. The van der Waals surface area contributed by atoms with Crippen LogP contribution in [0.4, 0.5) is 18.3 Å². The number of benzene rings is 2. The van der Waals surface area contributed by atoms with E-state index in [1.807, 2.05) is 16.7 Å². The number of hydrogen-bond acceptors (Lipinski definition) is 6. The Labute approximate surface area is 250 Å². The van der Waals surface area contributed by atoms with E-state index in [0.717, 1.165) is 30.8 Å². The molecule has 43 heavy (non-hydrogen) atoms. The molecule has 5 heterocycles. The molecule has 8 nitrogen and oxygen atoms in total. The maximum absolute atomic E-state index is 14.5. The van der Waals surface area contributed by atoms with Gasteiger partial charge < -0.3 is 14.8 Å². The minimum Gasteiger partial charge on any atom is -0.334 e. The van der Waals surface area contributed by atoms with Crippen LogP contribution in [0.25, 0.3) is 11.1 Å². The zero-order valence-corrected chi connectivity index (χ0v) is 23.9. The third kappa shape index (κ3) is 5.02. The second kappa shape index (κ2) is 11.2. The third-order valence-electron chi connectivity index (χ3n) is 8.69. The van der Waals surface area contributed by atoms with E-state index in [-0.39, 0.29) is 29.2 Å². The van der Waals surface area contributed by atoms with Crippen LogP contribution in [0.15, 0.2) is 54.3 Å². The lowest BCUT2D eigenvalue weighted by Gasteiger charge is -2.27. The Morgan fingerprint density at radius 1 is 1.14 bits per heavy atom. The first-order valence-corrected chi connectivity index (χ1v) is 15.2. The van der Waals surface area contributed by atoms with Gasteiger partial charge in [-0.25, -0.2) is 23.1 Å². The van der Waals surface area contributed by atoms with Crippen LogP contribution in [0.1, 0.15) is 69.7 Å². The monoisotopic (exact) mass is 606 g/mol. The number of nitrogens with one attached hydrogen (secondary N) is 2. The molecular formula is C31H29F3N6O2S. The number of anilines is 1. The standard InChI is InChI=1S/C31H29F3N6O2S/c32-24-14-35-8-7-20(24)18-5-3-17(4-6-18)19-12-21(28(33)34)23-15-40(30(42)22(23)13-19)27(29(41)38-31-36-9-11-43-31)26-25-2-1-10-39(25)16-37-26/h3-6,9,11-13,16,20,24,27-28,35H,1-2,7-8,10,14-15H2,(H,36,38,41)/t20-,24+,27+/m0/s1. The summed E-state index contributed by atoms with van der Waals surface area (Å²) in [5, 5.41) is 7.93. The molecule has 2 amide bonds. The number of aryl methyl sites for hydroxylation is 1. The van der Waals surface area contributed by atoms with Gasteiger partial charge in [-0.15, -0.1) is 11.3 Å². The van der Waals surface area contributed by atoms with Gasteiger partial charge in [0.25, 0.3) is 18.2 Å². The predicted octanol–water partition coefficient (Wildman–Crippen LogP) is 5.64. The lowest BCUT2D eigenvalue weighted by Crippen LogP contribution is -2.38. The van der Waals surface area contributed by atoms with Crippen LogP contribution >= 0.6 is 11.3 Å². The molecule has 0 spiro atoms. The summed E-state index contributed by atoms with van der Waals surface area (Å²) in [6, 6.07) is 9.16. The first-order valence-electron chi connectivity index (χ1n) is 14.3. The summed E-state index contributed by atoms with van der Waals surface area (Å²) in [6.07, 6.45) is 1.67. The van der Waals surface area contributed by atoms with Crippen LogP contribution < -0.4 is 10.6 Å². The molecule has 1 fully saturated rings. The average molecular weight is 607 g/mol. The number of piperidine rings is 1. The van der Waals surface area contributed by atoms with E-state index in [2.05, 4.69) is 20.6 Å². The fraction of sp³-hybridized carbons (Fsp3) is 0.355. The molecule has 3 aliphatic rings. The number of fused-ring (bicyclic) bond motifs is 2. The van der Waals surface area contributed by atoms with Crippen LogP contribution in [0.3, 0.4) is 0 Å². The summed E-state index contributed by atoms with van der Waals surface area (Å²) in [6.45, 7) is 1.65. The smallest absolute Gasteiger partial charge is 0.264 e. The number of nitrogens with zero attached hydrogens (tertiary/aromatic N) is 4. The van der Waals surface area contributed by atoms with Crippen LogP contribution in [0.5, 0.6) is 0 Å². The van der Waals surface area contributed by atoms with E-state index < -0.39 is 30.5 Å². The molecule has 2 aromatic heterocycles. The largest absolute Gasteiger partial charge is 0.334 e. The Kier molecular flexibility index (Phi) is 7.26. The molecule has 0 bridgehead atoms. The first kappa shape index (κ1) is 27.8. The molecule has 0 unspecified atom stereocenters. The Morgan fingerprint density at radius 3 is 2.72 bits per heavy atom. The highest BCUT2D eigenvalue weighted by Crippen LogP contribution is 2.41. The van der Waals surface area contributed by atoms with Crippen molar-refractivity contribution in [1.29, 1.82) is 0 Å². The number of alkyl halides is 3. The topological polar surface area (TPSA) is 92.2 Å². The number of imidazole rings is 1. The Hall–Kier alpha value is -4.03. The van der Waals surface area contributed by atoms with Gasteiger partial charge in [0.2, 0.25) is 0 Å². The van der Waals surface area contributed by atoms with Crippen molar-refractivity contribution in [2.24, 2.45) is 0 Å². The van der Waals surface area contributed by atoms with E-state index in [4.69, 9.17) is 0 Å². The molecular weight excluding hydrogens is 577 g/mol. The van der Waals surface area contributed by atoms with Crippen molar-refractivity contribution < 1.29 is 22.8 Å². The lowest BCUT2D eigenvalue weighted by atomic mass is 9.87. The van der Waals surface area contributed by atoms with Crippen molar-refractivity contribution in [3.8, 4) is 11.1 Å². The van der Waals surface area contributed by atoms with E-state index in [1.54, 1.807) is 36.1 Å². The van der Waals surface area contributed by atoms with Crippen molar-refractivity contribution in [2.45, 2.75) is 56.9 Å². The lowest BCUT2D eigenvalue weighted by molar-refractivity contribution is -0.121. The van der Waals surface area contributed by atoms with Crippen molar-refractivity contribution in [3.05, 3.63) is 87.9 Å². The van der Waals surface area contributed by atoms with Crippen LogP contribution in [0, 0.1) is 0 Å². The molecule has 12 heteroatoms. The summed E-state index contributed by atoms with van der Waals surface area (Å²) in [4.78, 5) is 37.7. The normalized spacial score (nSPS) is 20.4. The summed E-state index contributed by atoms with van der Waals surface area (Å²) in [5.74, 6) is -1.23. The van der Waals surface area contributed by atoms with Gasteiger partial charge in [-0.05, 0) is 60.2 Å². The highest BCUT2D eigenvalue weighted by molar-refractivity contribution is 7.13. The maximum atomic E-state index is 14.5. The second-order valence-corrected chi connectivity index (χ2v) is 12.1. The SMILES string of the molecule is O=C(Nc1nccs1)[C@@H](c1ncn2c1CCC2)N1Cc2c(cc(-c3ccc([C@@H]4CCNC[C@H]4F)cc3)cc2C(F)F)C1=O. The number of hydrogen-bond donors (Lipinski definition) is 2. The van der Waals surface area contributed by atoms with Crippen molar-refractivity contribution in [1.82, 2.24) is 24.8 Å². The Morgan fingerprint density at radius 2 is 1.98 bits per heavy atom. The van der Waals surface area contributed by atoms with Gasteiger partial charge in [0.1, 0.15) is 6.17 Å². The second-order valence-electron chi connectivity index (χ2n) is 11.2. The molecule has 2 N–H and O–H groups in total. The average Bonchev–Trinajstić information content (AvgIpc) is 3.81. The fourth-order valence-electron chi connectivity index (χ4n) is 6.55. The summed E-state index contributed by atoms with van der Waals surface area (Å²) >= 11 is 1.24. The number of thiazole rings is 1. The molecule has 3 atom stereocenters. The van der Waals surface area contributed by atoms with Crippen LogP contribution in [0.2, 0.25) is 0 Å². The zero-order chi connectivity index (χ0) is 29.7. The molecule has 0 saturated carbocycles. The Balaban J connectivity index is 1.24. The number of carbonyl (C=O) groups excluding carboxylic acids is 2. The van der Waals surface area contributed by atoms with E-state index >= 15 is 0 Å². The van der Waals surface area contributed by atoms with Gasteiger partial charge >= 0.3 is 0 Å². The van der Waals surface area contributed by atoms with Gasteiger partial charge in [-0.2, -0.15) is 0 Å². The molecule has 4 aromatic rings. The molecule has 1 saturated heterocycles. The fourth-order valence-corrected chi connectivity index (χ4v) is 7.08. The van der Waals surface area contributed by atoms with Gasteiger partial charge in [0.15, 0.2) is 11.2 Å². The maximum Gasteiger partial charge on any atom is 0.264 e. The molecule has 3 aliphatic heterocycles. The zero-order valence-electron chi connectivity index (χ0n) is 23.1. The van der Waals surface area contributed by atoms with Gasteiger partial charge in [0, 0.05) is 53.9 Å². The molecule has 2 aromatic carbocycles. The van der Waals surface area contributed by atoms with E-state index in [0.29, 0.717) is 41.3 Å². The van der Waals surface area contributed by atoms with Crippen LogP contribution in [-0.4, -0.2) is 50.5 Å². The number of aromatic nitrogens is 3. The number of carbonyl (C=O) groups is 2. The van der Waals surface area contributed by atoms with Crippen molar-refractivity contribution >= 4 is 28.3 Å². The first-order chi connectivity index (χ1) is 20.9. The highest BCUT2D eigenvalue weighted by Gasteiger charge is 2.42. The summed E-state index contributed by atoms with van der Waals surface area (Å²) < 4.78 is 45.5. The minimum atomic E-state index is -2.83. The van der Waals surface area contributed by atoms with Gasteiger partial charge in [-0.1, -0.05) is 24.3 Å². The van der Waals surface area contributed by atoms with E-state index in [1.165, 1.54) is 22.3 Å². The molecule has 222 valence electrons. The highest BCUT2D eigenvalue weighted by atomic mass is 32.1. The molecule has 7 rings (SSSR count). The number of amides is 2. The summed E-state index contributed by atoms with van der Waals surface area (Å²) in [5.41, 5.74) is 3.38. The molecule has 0 aliphatic carbocycles. The quantitative estimate of drug-likeness (QED) is 0.284. The van der Waals surface area contributed by atoms with Crippen molar-refractivity contribution in [3.63, 3.8) is 0 Å². The summed E-state index contributed by atoms with van der Waals surface area (Å²) in [7, 11) is 0. The molecule has 0 radical (unpaired) electrons. The van der Waals surface area contributed by atoms with Gasteiger partial charge in [-0.3, -0.25) is 14.9 Å². The number of halogens is 3. The van der Waals surface area contributed by atoms with Crippen molar-refractivity contribution in [2.75, 3.05) is 18.4 Å². The third-order valence-corrected chi connectivity index (χ3v) is 9.38. The predicted molar refractivity (Wildman–Crippen MR) is 156 cm³/mol. The minimum absolute atomic E-state index is 0.141. The van der Waals surface area contributed by atoms with Crippen LogP contribution in [-0.2, 0) is 24.3 Å².